The minimum Gasteiger partial charge on any atom is -0.444 e. The van der Waals surface area contributed by atoms with Gasteiger partial charge in [-0.15, -0.1) is 0 Å². The summed E-state index contributed by atoms with van der Waals surface area (Å²) in [5.41, 5.74) is -0.461. The minimum absolute atomic E-state index is 0.0414. The van der Waals surface area contributed by atoms with E-state index < -0.39 is 29.4 Å². The molecule has 206 valence electrons. The van der Waals surface area contributed by atoms with Crippen molar-refractivity contribution < 1.29 is 23.0 Å². The number of pyridine rings is 2. The van der Waals surface area contributed by atoms with Crippen molar-refractivity contribution in [1.29, 1.82) is 5.26 Å². The van der Waals surface area contributed by atoms with E-state index in [1.807, 2.05) is 13.0 Å². The van der Waals surface area contributed by atoms with Crippen molar-refractivity contribution >= 4 is 29.2 Å². The molecule has 0 spiro atoms. The molecule has 3 N–H and O–H groups in total. The van der Waals surface area contributed by atoms with Gasteiger partial charge in [0, 0.05) is 31.2 Å². The van der Waals surface area contributed by atoms with Crippen molar-refractivity contribution in [2.75, 3.05) is 41.8 Å². The Balaban J connectivity index is 1.80. The number of ether oxygens (including phenoxy) is 2. The second-order valence-corrected chi connectivity index (χ2v) is 10.1. The lowest BCUT2D eigenvalue weighted by atomic mass is 10.0. The highest BCUT2D eigenvalue weighted by atomic mass is 19.1. The van der Waals surface area contributed by atoms with Gasteiger partial charge in [-0.25, -0.2) is 23.5 Å². The molecule has 0 aliphatic carbocycles. The number of hydrogen-bond donors (Lipinski definition) is 3. The van der Waals surface area contributed by atoms with Crippen LogP contribution in [0.4, 0.5) is 36.7 Å². The Morgan fingerprint density at radius 3 is 2.55 bits per heavy atom. The summed E-state index contributed by atoms with van der Waals surface area (Å²) in [5, 5.41) is 18.2. The molecular formula is C26H35F2N7O3. The van der Waals surface area contributed by atoms with E-state index in [-0.39, 0.29) is 34.7 Å². The largest absolute Gasteiger partial charge is 0.444 e. The Bertz CT molecular complexity index is 1160. The van der Waals surface area contributed by atoms with E-state index in [2.05, 4.69) is 25.9 Å². The lowest BCUT2D eigenvalue weighted by Crippen LogP contribution is -2.46. The molecule has 1 amide bonds. The number of carbonyl (C=O) groups is 1. The van der Waals surface area contributed by atoms with E-state index in [9.17, 15) is 18.8 Å². The van der Waals surface area contributed by atoms with Gasteiger partial charge in [0.2, 0.25) is 0 Å². The molecule has 0 radical (unpaired) electrons. The first-order chi connectivity index (χ1) is 18.0. The maximum absolute atomic E-state index is 14.9. The fourth-order valence-electron chi connectivity index (χ4n) is 3.94. The quantitative estimate of drug-likeness (QED) is 0.422. The number of amides is 1. The van der Waals surface area contributed by atoms with Gasteiger partial charge in [0.1, 0.15) is 11.7 Å². The minimum atomic E-state index is -0.732. The van der Waals surface area contributed by atoms with E-state index in [1.165, 1.54) is 12.3 Å². The number of nitrogens with zero attached hydrogens (tertiary/aromatic N) is 4. The van der Waals surface area contributed by atoms with Crippen molar-refractivity contribution in [3.05, 3.63) is 35.5 Å². The average molecular weight is 532 g/mol. The van der Waals surface area contributed by atoms with Gasteiger partial charge in [0.25, 0.3) is 0 Å². The summed E-state index contributed by atoms with van der Waals surface area (Å²) in [6.45, 7) is 11.1. The maximum Gasteiger partial charge on any atom is 0.407 e. The normalized spacial score (nSPS) is 15.3. The number of anilines is 4. The van der Waals surface area contributed by atoms with Crippen LogP contribution in [0.3, 0.4) is 0 Å². The zero-order valence-electron chi connectivity index (χ0n) is 22.4. The summed E-state index contributed by atoms with van der Waals surface area (Å²) in [4.78, 5) is 22.5. The monoisotopic (exact) mass is 531 g/mol. The molecule has 1 aliphatic rings. The lowest BCUT2D eigenvalue weighted by molar-refractivity contribution is 0.0502. The highest BCUT2D eigenvalue weighted by molar-refractivity contribution is 5.68. The van der Waals surface area contributed by atoms with Crippen LogP contribution >= 0.6 is 0 Å². The fourth-order valence-corrected chi connectivity index (χ4v) is 3.94. The van der Waals surface area contributed by atoms with Crippen LogP contribution in [0.5, 0.6) is 0 Å². The van der Waals surface area contributed by atoms with Crippen LogP contribution in [0.15, 0.2) is 18.3 Å². The summed E-state index contributed by atoms with van der Waals surface area (Å²) >= 11 is 0. The summed E-state index contributed by atoms with van der Waals surface area (Å²) in [6.07, 6.45) is 2.19. The van der Waals surface area contributed by atoms with Crippen LogP contribution in [0.1, 0.15) is 53.0 Å². The lowest BCUT2D eigenvalue weighted by Gasteiger charge is -2.28. The van der Waals surface area contributed by atoms with E-state index in [0.717, 1.165) is 12.5 Å². The summed E-state index contributed by atoms with van der Waals surface area (Å²) in [6, 6.07) is 3.40. The van der Waals surface area contributed by atoms with Crippen molar-refractivity contribution in [1.82, 2.24) is 15.3 Å². The average Bonchev–Trinajstić information content (AvgIpc) is 2.84. The standard InChI is InChI=1S/C26H35F2N7O3/c1-6-7-21(16(2)31-25(36)38-26(3,4)5)33-23-19(27)12-17(14-29)22(34-23)32-18-13-20(28)24(30-15-18)35-8-10-37-11-9-35/h12-13,15-16,21H,6-11H2,1-5H3,(H,31,36)(H2,32,33,34)/t16-,21?/m0/s1. The SMILES string of the molecule is CCCC(Nc1nc(Nc2cnc(N3CCOCC3)c(F)c2)c(C#N)cc1F)[C@H](C)NC(=O)OC(C)(C)C. The predicted octanol–water partition coefficient (Wildman–Crippen LogP) is 4.70. The van der Waals surface area contributed by atoms with Crippen molar-refractivity contribution in [3.63, 3.8) is 0 Å². The highest BCUT2D eigenvalue weighted by Gasteiger charge is 2.24. The first-order valence-electron chi connectivity index (χ1n) is 12.6. The Morgan fingerprint density at radius 2 is 1.95 bits per heavy atom. The van der Waals surface area contributed by atoms with Gasteiger partial charge in [-0.1, -0.05) is 13.3 Å². The third kappa shape index (κ3) is 7.89. The Hall–Kier alpha value is -3.72. The van der Waals surface area contributed by atoms with Crippen LogP contribution < -0.4 is 20.9 Å². The third-order valence-corrected chi connectivity index (χ3v) is 5.76. The van der Waals surface area contributed by atoms with Crippen LogP contribution in [-0.4, -0.2) is 60.0 Å². The molecule has 0 saturated carbocycles. The molecule has 3 heterocycles. The van der Waals surface area contributed by atoms with Gasteiger partial charge in [-0.2, -0.15) is 5.26 Å². The molecule has 38 heavy (non-hydrogen) atoms. The fraction of sp³-hybridized carbons (Fsp3) is 0.538. The number of rotatable bonds is 9. The van der Waals surface area contributed by atoms with Crippen LogP contribution in [0.2, 0.25) is 0 Å². The molecule has 0 bridgehead atoms. The van der Waals surface area contributed by atoms with Gasteiger partial charge in [0.05, 0.1) is 30.7 Å². The number of nitriles is 1. The van der Waals surface area contributed by atoms with Crippen molar-refractivity contribution in [2.45, 2.75) is 65.1 Å². The van der Waals surface area contributed by atoms with E-state index >= 15 is 0 Å². The number of morpholine rings is 1. The number of nitrogens with one attached hydrogen (secondary N) is 3. The Morgan fingerprint density at radius 1 is 1.24 bits per heavy atom. The molecule has 2 atom stereocenters. The summed E-state index contributed by atoms with van der Waals surface area (Å²) in [5.74, 6) is -1.13. The number of hydrogen-bond acceptors (Lipinski definition) is 9. The van der Waals surface area contributed by atoms with Gasteiger partial charge in [0.15, 0.2) is 29.1 Å². The second-order valence-electron chi connectivity index (χ2n) is 10.1. The third-order valence-electron chi connectivity index (χ3n) is 5.76. The molecule has 10 nitrogen and oxygen atoms in total. The first-order valence-corrected chi connectivity index (χ1v) is 12.6. The highest BCUT2D eigenvalue weighted by Crippen LogP contribution is 2.27. The van der Waals surface area contributed by atoms with Crippen LogP contribution in [0.25, 0.3) is 0 Å². The smallest absolute Gasteiger partial charge is 0.407 e. The number of alkyl carbamates (subject to hydrolysis) is 1. The molecular weight excluding hydrogens is 496 g/mol. The van der Waals surface area contributed by atoms with Crippen molar-refractivity contribution in [3.8, 4) is 6.07 Å². The molecule has 2 aromatic rings. The van der Waals surface area contributed by atoms with Gasteiger partial charge in [-0.3, -0.25) is 0 Å². The van der Waals surface area contributed by atoms with Crippen molar-refractivity contribution in [2.24, 2.45) is 0 Å². The zero-order valence-corrected chi connectivity index (χ0v) is 22.4. The molecule has 12 heteroatoms. The first kappa shape index (κ1) is 28.8. The predicted molar refractivity (Wildman–Crippen MR) is 141 cm³/mol. The molecule has 0 aromatic carbocycles. The topological polar surface area (TPSA) is 124 Å². The van der Waals surface area contributed by atoms with Gasteiger partial charge >= 0.3 is 6.09 Å². The van der Waals surface area contributed by atoms with Gasteiger partial charge in [-0.05, 0) is 40.2 Å². The zero-order chi connectivity index (χ0) is 27.9. The Labute approximate surface area is 221 Å². The molecule has 1 aliphatic heterocycles. The second kappa shape index (κ2) is 12.7. The maximum atomic E-state index is 14.9. The van der Waals surface area contributed by atoms with Gasteiger partial charge < -0.3 is 30.3 Å². The number of halogens is 2. The molecule has 3 rings (SSSR count). The molecule has 1 fully saturated rings. The molecule has 1 saturated heterocycles. The molecule has 1 unspecified atom stereocenters. The van der Waals surface area contributed by atoms with E-state index in [1.54, 1.807) is 32.6 Å². The van der Waals surface area contributed by atoms with Crippen LogP contribution in [0, 0.1) is 23.0 Å². The van der Waals surface area contributed by atoms with E-state index in [4.69, 9.17) is 9.47 Å². The summed E-state index contributed by atoms with van der Waals surface area (Å²) in [7, 11) is 0. The Kier molecular flexibility index (Phi) is 9.63. The molecule has 2 aromatic heterocycles. The van der Waals surface area contributed by atoms with E-state index in [0.29, 0.717) is 32.7 Å². The van der Waals surface area contributed by atoms with Crippen LogP contribution in [-0.2, 0) is 9.47 Å². The summed E-state index contributed by atoms with van der Waals surface area (Å²) < 4.78 is 40.4. The number of aromatic nitrogens is 2. The number of carbonyl (C=O) groups excluding carboxylic acids is 1.